The summed E-state index contributed by atoms with van der Waals surface area (Å²) in [5, 5.41) is 9.32. The van der Waals surface area contributed by atoms with Gasteiger partial charge < -0.3 is 10.6 Å². The van der Waals surface area contributed by atoms with Crippen molar-refractivity contribution in [3.05, 3.63) is 22.4 Å². The summed E-state index contributed by atoms with van der Waals surface area (Å²) < 4.78 is 0. The summed E-state index contributed by atoms with van der Waals surface area (Å²) in [5.74, 6) is 0. The Morgan fingerprint density at radius 3 is 3.00 bits per heavy atom. The molecule has 1 heterocycles. The summed E-state index contributed by atoms with van der Waals surface area (Å²) in [5.41, 5.74) is 0. The van der Waals surface area contributed by atoms with Gasteiger partial charge in [0.2, 0.25) is 0 Å². The Kier molecular flexibility index (Phi) is 5.65. The van der Waals surface area contributed by atoms with E-state index in [1.54, 1.807) is 11.3 Å². The Balaban J connectivity index is 2.23. The van der Waals surface area contributed by atoms with Crippen LogP contribution in [0.5, 0.6) is 0 Å². The quantitative estimate of drug-likeness (QED) is 0.776. The molecule has 0 aliphatic rings. The molecule has 0 saturated heterocycles. The Labute approximate surface area is 101 Å². The summed E-state index contributed by atoms with van der Waals surface area (Å²) in [7, 11) is 0. The fourth-order valence-electron chi connectivity index (χ4n) is 1.29. The second-order valence-corrected chi connectivity index (χ2v) is 5.03. The zero-order valence-electron chi connectivity index (χ0n) is 9.25. The highest BCUT2D eigenvalue weighted by Gasteiger charge is 2.05. The molecule has 0 fully saturated rings. The lowest BCUT2D eigenvalue weighted by atomic mass is 10.2. The summed E-state index contributed by atoms with van der Waals surface area (Å²) in [4.78, 5) is 1.40. The molecule has 0 amide bonds. The highest BCUT2D eigenvalue weighted by molar-refractivity contribution is 7.80. The number of nitrogens with one attached hydrogen (secondary N) is 2. The highest BCUT2D eigenvalue weighted by Crippen LogP contribution is 2.10. The number of thiophene rings is 1. The van der Waals surface area contributed by atoms with Crippen LogP contribution in [0.3, 0.4) is 0 Å². The highest BCUT2D eigenvalue weighted by atomic mass is 32.1. The van der Waals surface area contributed by atoms with Gasteiger partial charge in [0.1, 0.15) is 0 Å². The molecule has 1 atom stereocenters. The maximum Gasteiger partial charge on any atom is 0.166 e. The SMILES string of the molecule is CCCNC(=S)NC(C)Cc1cccs1. The molecule has 0 bridgehead atoms. The molecular formula is C11H18N2S2. The third-order valence-corrected chi connectivity index (χ3v) is 3.16. The lowest BCUT2D eigenvalue weighted by molar-refractivity contribution is 0.652. The molecule has 0 aliphatic heterocycles. The minimum absolute atomic E-state index is 0.389. The standard InChI is InChI=1S/C11H18N2S2/c1-3-6-12-11(14)13-9(2)8-10-5-4-7-15-10/h4-5,7,9H,3,6,8H2,1-2H3,(H2,12,13,14). The maximum atomic E-state index is 5.17. The molecule has 0 saturated carbocycles. The zero-order valence-corrected chi connectivity index (χ0v) is 10.9. The van der Waals surface area contributed by atoms with Crippen LogP contribution >= 0.6 is 23.6 Å². The number of hydrogen-bond acceptors (Lipinski definition) is 2. The molecule has 2 nitrogen and oxygen atoms in total. The van der Waals surface area contributed by atoms with Gasteiger partial charge in [-0.15, -0.1) is 11.3 Å². The van der Waals surface area contributed by atoms with Gasteiger partial charge in [-0.3, -0.25) is 0 Å². The van der Waals surface area contributed by atoms with E-state index in [1.165, 1.54) is 4.88 Å². The molecular weight excluding hydrogens is 224 g/mol. The van der Waals surface area contributed by atoms with Crippen LogP contribution in [0, 0.1) is 0 Å². The first kappa shape index (κ1) is 12.5. The van der Waals surface area contributed by atoms with Crippen molar-refractivity contribution >= 4 is 28.7 Å². The van der Waals surface area contributed by atoms with E-state index in [0.717, 1.165) is 24.5 Å². The zero-order chi connectivity index (χ0) is 11.1. The van der Waals surface area contributed by atoms with E-state index < -0.39 is 0 Å². The lowest BCUT2D eigenvalue weighted by Gasteiger charge is -2.15. The van der Waals surface area contributed by atoms with Crippen molar-refractivity contribution in [2.75, 3.05) is 6.54 Å². The summed E-state index contributed by atoms with van der Waals surface area (Å²) in [6.45, 7) is 5.22. The van der Waals surface area contributed by atoms with Crippen molar-refractivity contribution in [2.24, 2.45) is 0 Å². The van der Waals surface area contributed by atoms with Gasteiger partial charge in [-0.1, -0.05) is 13.0 Å². The van der Waals surface area contributed by atoms with E-state index in [4.69, 9.17) is 12.2 Å². The normalized spacial score (nSPS) is 12.1. The lowest BCUT2D eigenvalue weighted by Crippen LogP contribution is -2.41. The summed E-state index contributed by atoms with van der Waals surface area (Å²) in [6, 6.07) is 4.63. The first-order chi connectivity index (χ1) is 7.22. The first-order valence-electron chi connectivity index (χ1n) is 5.29. The van der Waals surface area contributed by atoms with Crippen LogP contribution in [0.1, 0.15) is 25.1 Å². The van der Waals surface area contributed by atoms with Crippen LogP contribution in [0.25, 0.3) is 0 Å². The van der Waals surface area contributed by atoms with Crippen molar-refractivity contribution in [2.45, 2.75) is 32.7 Å². The third-order valence-electron chi connectivity index (χ3n) is 2.00. The summed E-state index contributed by atoms with van der Waals surface area (Å²) in [6.07, 6.45) is 2.13. The van der Waals surface area contributed by atoms with E-state index >= 15 is 0 Å². The van der Waals surface area contributed by atoms with Gasteiger partial charge in [-0.05, 0) is 37.0 Å². The molecule has 84 valence electrons. The van der Waals surface area contributed by atoms with Crippen LogP contribution in [-0.2, 0) is 6.42 Å². The average Bonchev–Trinajstić information content (AvgIpc) is 2.67. The van der Waals surface area contributed by atoms with Crippen molar-refractivity contribution in [1.82, 2.24) is 10.6 Å². The molecule has 1 aromatic heterocycles. The molecule has 15 heavy (non-hydrogen) atoms. The molecule has 0 aromatic carbocycles. The number of hydrogen-bond donors (Lipinski definition) is 2. The Morgan fingerprint density at radius 2 is 2.40 bits per heavy atom. The van der Waals surface area contributed by atoms with E-state index in [9.17, 15) is 0 Å². The van der Waals surface area contributed by atoms with Crippen LogP contribution in [0.2, 0.25) is 0 Å². The van der Waals surface area contributed by atoms with E-state index in [-0.39, 0.29) is 0 Å². The Hall–Kier alpha value is -0.610. The van der Waals surface area contributed by atoms with Gasteiger partial charge in [0.25, 0.3) is 0 Å². The van der Waals surface area contributed by atoms with Crippen molar-refractivity contribution in [3.8, 4) is 0 Å². The summed E-state index contributed by atoms with van der Waals surface area (Å²) >= 11 is 6.97. The van der Waals surface area contributed by atoms with Crippen molar-refractivity contribution < 1.29 is 0 Å². The molecule has 1 aromatic rings. The second kappa shape index (κ2) is 6.80. The van der Waals surface area contributed by atoms with Gasteiger partial charge in [-0.25, -0.2) is 0 Å². The Morgan fingerprint density at radius 1 is 1.60 bits per heavy atom. The number of thiocarbonyl (C=S) groups is 1. The molecule has 0 aliphatic carbocycles. The predicted octanol–water partition coefficient (Wildman–Crippen LogP) is 2.55. The average molecular weight is 242 g/mol. The third kappa shape index (κ3) is 5.14. The minimum atomic E-state index is 0.389. The smallest absolute Gasteiger partial charge is 0.166 e. The van der Waals surface area contributed by atoms with Gasteiger partial charge in [0.15, 0.2) is 5.11 Å². The fraction of sp³-hybridized carbons (Fsp3) is 0.545. The Bertz CT molecular complexity index is 283. The van der Waals surface area contributed by atoms with Crippen LogP contribution in [-0.4, -0.2) is 17.7 Å². The monoisotopic (exact) mass is 242 g/mol. The van der Waals surface area contributed by atoms with Crippen molar-refractivity contribution in [1.29, 1.82) is 0 Å². The largest absolute Gasteiger partial charge is 0.363 e. The van der Waals surface area contributed by atoms with Crippen LogP contribution in [0.4, 0.5) is 0 Å². The van der Waals surface area contributed by atoms with E-state index in [1.807, 2.05) is 0 Å². The molecule has 0 radical (unpaired) electrons. The van der Waals surface area contributed by atoms with Crippen LogP contribution in [0.15, 0.2) is 17.5 Å². The van der Waals surface area contributed by atoms with E-state index in [0.29, 0.717) is 6.04 Å². The molecule has 1 unspecified atom stereocenters. The number of rotatable bonds is 5. The first-order valence-corrected chi connectivity index (χ1v) is 6.58. The molecule has 0 spiro atoms. The molecule has 4 heteroatoms. The fourth-order valence-corrected chi connectivity index (χ4v) is 2.43. The minimum Gasteiger partial charge on any atom is -0.363 e. The molecule has 2 N–H and O–H groups in total. The van der Waals surface area contributed by atoms with Gasteiger partial charge in [0.05, 0.1) is 0 Å². The predicted molar refractivity (Wildman–Crippen MR) is 71.5 cm³/mol. The van der Waals surface area contributed by atoms with Gasteiger partial charge in [-0.2, -0.15) is 0 Å². The van der Waals surface area contributed by atoms with Crippen LogP contribution < -0.4 is 10.6 Å². The van der Waals surface area contributed by atoms with Gasteiger partial charge in [0, 0.05) is 23.9 Å². The maximum absolute atomic E-state index is 5.17. The second-order valence-electron chi connectivity index (χ2n) is 3.58. The molecule has 1 rings (SSSR count). The van der Waals surface area contributed by atoms with Crippen molar-refractivity contribution in [3.63, 3.8) is 0 Å². The van der Waals surface area contributed by atoms with E-state index in [2.05, 4.69) is 42.0 Å². The topological polar surface area (TPSA) is 24.1 Å². The van der Waals surface area contributed by atoms with Gasteiger partial charge >= 0.3 is 0 Å².